The minimum absolute atomic E-state index is 0.0882. The van der Waals surface area contributed by atoms with Gasteiger partial charge in [0.15, 0.2) is 11.6 Å². The normalized spacial score (nSPS) is 17.2. The average Bonchev–Trinajstić information content (AvgIpc) is 3.48. The quantitative estimate of drug-likeness (QED) is 0.185. The van der Waals surface area contributed by atoms with Crippen LogP contribution in [0.2, 0.25) is 0 Å². The number of aryl methyl sites for hydroxylation is 1. The molecule has 1 aromatic heterocycles. The minimum Gasteiger partial charge on any atom is -0.497 e. The predicted octanol–water partition coefficient (Wildman–Crippen LogP) is 7.13. The van der Waals surface area contributed by atoms with Crippen LogP contribution in [0.15, 0.2) is 67.1 Å². The summed E-state index contributed by atoms with van der Waals surface area (Å²) in [6.45, 7) is 13.9. The van der Waals surface area contributed by atoms with Gasteiger partial charge in [-0.25, -0.2) is 4.98 Å². The van der Waals surface area contributed by atoms with Crippen molar-refractivity contribution in [3.8, 4) is 5.75 Å². The molecule has 1 aliphatic carbocycles. The predicted molar refractivity (Wildman–Crippen MR) is 197 cm³/mol. The van der Waals surface area contributed by atoms with E-state index in [4.69, 9.17) is 9.47 Å². The van der Waals surface area contributed by atoms with E-state index in [1.165, 1.54) is 39.0 Å². The lowest BCUT2D eigenvalue weighted by atomic mass is 10.0. The van der Waals surface area contributed by atoms with Crippen molar-refractivity contribution >= 4 is 17.5 Å². The first-order valence-corrected chi connectivity index (χ1v) is 17.6. The lowest BCUT2D eigenvalue weighted by Crippen LogP contribution is -2.56. The Morgan fingerprint density at radius 3 is 2.04 bits per heavy atom. The number of methoxy groups -OCH3 is 1. The Morgan fingerprint density at radius 1 is 0.939 bits per heavy atom. The van der Waals surface area contributed by atoms with Gasteiger partial charge in [-0.2, -0.15) is 0 Å². The standard InChI is InChI=1S/C16H24N2O3.C15H18N2O2.C9H18/c1-12(19)14(18-15(20)16(2,3)17-4)11-21-10-13-8-6-5-7-9-13;1-4-13-9-17(10-16-13)15(11(2)18)12-5-7-14(19-3)8-6-12;1-8-4-3-5-9(2)7-6-8/h5-9,14,17H,10-11H2,1-4H3,(H,18,20);5-10,15H,4H2,1-3H3;8-9H,3-7H2,1-2H3/t14-;;/m1../s1. The van der Waals surface area contributed by atoms with E-state index < -0.39 is 11.6 Å². The van der Waals surface area contributed by atoms with Crippen LogP contribution < -0.4 is 15.4 Å². The highest BCUT2D eigenvalue weighted by Gasteiger charge is 2.28. The Kier molecular flexibility index (Phi) is 18.0. The third-order valence-electron chi connectivity index (χ3n) is 9.06. The van der Waals surface area contributed by atoms with Crippen LogP contribution in [0.1, 0.15) is 103 Å². The zero-order valence-corrected chi connectivity index (χ0v) is 31.3. The third kappa shape index (κ3) is 14.7. The van der Waals surface area contributed by atoms with Crippen molar-refractivity contribution in [1.29, 1.82) is 0 Å². The number of ketones is 2. The fourth-order valence-electron chi connectivity index (χ4n) is 5.36. The number of hydrogen-bond donors (Lipinski definition) is 2. The summed E-state index contributed by atoms with van der Waals surface area (Å²) in [4.78, 5) is 39.9. The number of benzene rings is 2. The molecule has 9 heteroatoms. The van der Waals surface area contributed by atoms with Crippen molar-refractivity contribution in [3.63, 3.8) is 0 Å². The first-order valence-electron chi connectivity index (χ1n) is 17.6. The van der Waals surface area contributed by atoms with E-state index in [1.807, 2.05) is 72.3 Å². The summed E-state index contributed by atoms with van der Waals surface area (Å²) in [5, 5.41) is 5.62. The van der Waals surface area contributed by atoms with E-state index in [2.05, 4.69) is 29.5 Å². The Bertz CT molecular complexity index is 1390. The highest BCUT2D eigenvalue weighted by atomic mass is 16.5. The van der Waals surface area contributed by atoms with E-state index in [0.29, 0.717) is 6.61 Å². The summed E-state index contributed by atoms with van der Waals surface area (Å²) in [7, 11) is 3.33. The van der Waals surface area contributed by atoms with Crippen molar-refractivity contribution in [3.05, 3.63) is 83.9 Å². The number of nitrogens with zero attached hydrogens (tertiary/aromatic N) is 2. The monoisotopic (exact) mass is 676 g/mol. The topological polar surface area (TPSA) is 112 Å². The maximum absolute atomic E-state index is 12.1. The van der Waals surface area contributed by atoms with Gasteiger partial charge in [-0.15, -0.1) is 0 Å². The van der Waals surface area contributed by atoms with Crippen LogP contribution in [-0.4, -0.2) is 59.4 Å². The van der Waals surface area contributed by atoms with Gasteiger partial charge in [-0.1, -0.05) is 95.3 Å². The Balaban J connectivity index is 0.000000274. The molecule has 2 N–H and O–H groups in total. The van der Waals surface area contributed by atoms with Gasteiger partial charge in [0.2, 0.25) is 5.91 Å². The Morgan fingerprint density at radius 2 is 1.55 bits per heavy atom. The number of hydrogen-bond acceptors (Lipinski definition) is 7. The molecule has 9 nitrogen and oxygen atoms in total. The highest BCUT2D eigenvalue weighted by molar-refractivity contribution is 5.91. The smallest absolute Gasteiger partial charge is 0.240 e. The van der Waals surface area contributed by atoms with Crippen LogP contribution in [-0.2, 0) is 32.1 Å². The molecule has 2 aromatic carbocycles. The summed E-state index contributed by atoms with van der Waals surface area (Å²) >= 11 is 0. The lowest BCUT2D eigenvalue weighted by molar-refractivity contribution is -0.131. The van der Waals surface area contributed by atoms with Gasteiger partial charge >= 0.3 is 0 Å². The number of aromatic nitrogens is 2. The maximum atomic E-state index is 12.1. The number of likely N-dealkylation sites (N-methyl/N-ethyl adjacent to an activating group) is 1. The average molecular weight is 677 g/mol. The van der Waals surface area contributed by atoms with Crippen LogP contribution in [0.25, 0.3) is 0 Å². The molecule has 0 spiro atoms. The molecule has 3 aromatic rings. The van der Waals surface area contributed by atoms with Crippen LogP contribution in [0.4, 0.5) is 0 Å². The number of imidazole rings is 1. The molecule has 1 amide bonds. The SMILES string of the molecule is CC1CCCC(C)CC1.CCc1cn(C(C(C)=O)c2ccc(OC)cc2)cn1.CNC(C)(C)C(=O)N[C@H](COCc1ccccc1)C(C)=O. The number of carbonyl (C=O) groups excluding carboxylic acids is 3. The van der Waals surface area contributed by atoms with Gasteiger partial charge in [0, 0.05) is 6.20 Å². The molecule has 270 valence electrons. The summed E-state index contributed by atoms with van der Waals surface area (Å²) in [6, 6.07) is 16.3. The van der Waals surface area contributed by atoms with Crippen LogP contribution in [0, 0.1) is 11.8 Å². The fourth-order valence-corrected chi connectivity index (χ4v) is 5.36. The largest absolute Gasteiger partial charge is 0.497 e. The molecular formula is C40H60N4O5. The molecule has 49 heavy (non-hydrogen) atoms. The van der Waals surface area contributed by atoms with Crippen molar-refractivity contribution in [2.24, 2.45) is 11.8 Å². The van der Waals surface area contributed by atoms with Crippen LogP contribution in [0.3, 0.4) is 0 Å². The molecule has 0 bridgehead atoms. The van der Waals surface area contributed by atoms with Gasteiger partial charge in [0.1, 0.15) is 17.8 Å². The number of carbonyl (C=O) groups is 3. The Labute approximate surface area is 294 Å². The highest BCUT2D eigenvalue weighted by Crippen LogP contribution is 2.26. The second kappa shape index (κ2) is 21.3. The maximum Gasteiger partial charge on any atom is 0.240 e. The zero-order chi connectivity index (χ0) is 36.4. The van der Waals surface area contributed by atoms with Gasteiger partial charge in [-0.05, 0) is 76.3 Å². The van der Waals surface area contributed by atoms with E-state index in [1.54, 1.807) is 41.3 Å². The van der Waals surface area contributed by atoms with Gasteiger partial charge in [0.25, 0.3) is 0 Å². The molecular weight excluding hydrogens is 616 g/mol. The number of Topliss-reactive ketones (excluding diaryl/α,β-unsaturated/α-hetero) is 2. The molecule has 1 aliphatic rings. The first-order chi connectivity index (χ1) is 23.3. The molecule has 0 aliphatic heterocycles. The summed E-state index contributed by atoms with van der Waals surface area (Å²) in [5.74, 6) is 2.54. The summed E-state index contributed by atoms with van der Waals surface area (Å²) in [6.07, 6.45) is 11.9. The van der Waals surface area contributed by atoms with E-state index >= 15 is 0 Å². The summed E-state index contributed by atoms with van der Waals surface area (Å²) < 4.78 is 12.5. The zero-order valence-electron chi connectivity index (χ0n) is 31.3. The minimum atomic E-state index is -0.729. The second-order valence-corrected chi connectivity index (χ2v) is 13.7. The van der Waals surface area contributed by atoms with Crippen molar-refractivity contribution in [2.75, 3.05) is 20.8 Å². The van der Waals surface area contributed by atoms with E-state index in [0.717, 1.165) is 40.8 Å². The number of nitrogens with one attached hydrogen (secondary N) is 2. The molecule has 1 heterocycles. The molecule has 4 atom stereocenters. The number of ether oxygens (including phenoxy) is 2. The Hall–Kier alpha value is -3.82. The number of amides is 1. The molecule has 3 unspecified atom stereocenters. The van der Waals surface area contributed by atoms with Crippen molar-refractivity contribution in [2.45, 2.75) is 111 Å². The molecule has 0 saturated heterocycles. The molecule has 1 saturated carbocycles. The molecule has 4 rings (SSSR count). The van der Waals surface area contributed by atoms with Crippen molar-refractivity contribution in [1.82, 2.24) is 20.2 Å². The fraction of sp³-hybridized carbons (Fsp3) is 0.550. The van der Waals surface area contributed by atoms with Gasteiger partial charge in [-0.3, -0.25) is 14.4 Å². The van der Waals surface area contributed by atoms with E-state index in [9.17, 15) is 14.4 Å². The van der Waals surface area contributed by atoms with Gasteiger partial charge in [0.05, 0.1) is 37.9 Å². The van der Waals surface area contributed by atoms with Gasteiger partial charge < -0.3 is 24.7 Å². The molecule has 0 radical (unpaired) electrons. The van der Waals surface area contributed by atoms with Crippen LogP contribution in [0.5, 0.6) is 5.75 Å². The second-order valence-electron chi connectivity index (χ2n) is 13.7. The third-order valence-corrected chi connectivity index (χ3v) is 9.06. The van der Waals surface area contributed by atoms with Crippen LogP contribution >= 0.6 is 0 Å². The number of rotatable bonds is 13. The first kappa shape index (κ1) is 41.4. The van der Waals surface area contributed by atoms with Crippen molar-refractivity contribution < 1.29 is 23.9 Å². The lowest BCUT2D eigenvalue weighted by Gasteiger charge is -2.26. The molecule has 1 fully saturated rings. The summed E-state index contributed by atoms with van der Waals surface area (Å²) in [5.41, 5.74) is 2.22. The van der Waals surface area contributed by atoms with E-state index in [-0.39, 0.29) is 30.1 Å².